The number of nitrogens with zero attached hydrogens (tertiary/aromatic N) is 5. The SMILES string of the molecule is CCc1c(N(C)C2CCCC(F)(F)C2NC)ncc(C(N)=O)c1N=C1CCC/C(=N/N=C/C=N)C1. The molecular weight excluding hydrogens is 454 g/mol. The lowest BCUT2D eigenvalue weighted by Crippen LogP contribution is -2.59. The number of anilines is 1. The highest BCUT2D eigenvalue weighted by Gasteiger charge is 2.48. The summed E-state index contributed by atoms with van der Waals surface area (Å²) in [5.74, 6) is -2.94. The summed E-state index contributed by atoms with van der Waals surface area (Å²) in [5.41, 5.74) is 8.70. The number of aromatic nitrogens is 1. The Morgan fingerprint density at radius 2 is 2.11 bits per heavy atom. The first-order valence-electron chi connectivity index (χ1n) is 12.0. The summed E-state index contributed by atoms with van der Waals surface area (Å²) >= 11 is 0. The lowest BCUT2D eigenvalue weighted by molar-refractivity contribution is -0.0685. The van der Waals surface area contributed by atoms with Gasteiger partial charge in [-0.3, -0.25) is 9.79 Å². The van der Waals surface area contributed by atoms with Crippen molar-refractivity contribution in [3.63, 3.8) is 0 Å². The molecule has 2 aliphatic rings. The first-order chi connectivity index (χ1) is 16.7. The van der Waals surface area contributed by atoms with E-state index in [1.165, 1.54) is 12.4 Å². The molecule has 0 spiro atoms. The van der Waals surface area contributed by atoms with Crippen LogP contribution in [0.25, 0.3) is 0 Å². The number of amides is 1. The topological polar surface area (TPSA) is 132 Å². The van der Waals surface area contributed by atoms with Crippen LogP contribution in [-0.2, 0) is 6.42 Å². The Morgan fingerprint density at radius 3 is 2.77 bits per heavy atom. The highest BCUT2D eigenvalue weighted by Crippen LogP contribution is 2.39. The van der Waals surface area contributed by atoms with Gasteiger partial charge in [0.25, 0.3) is 11.8 Å². The van der Waals surface area contributed by atoms with Crippen LogP contribution in [-0.4, -0.2) is 66.8 Å². The summed E-state index contributed by atoms with van der Waals surface area (Å²) in [5, 5.41) is 17.9. The highest BCUT2D eigenvalue weighted by molar-refractivity contribution is 6.14. The molecule has 2 saturated carbocycles. The van der Waals surface area contributed by atoms with Crippen molar-refractivity contribution in [1.82, 2.24) is 10.3 Å². The normalized spacial score (nSPS) is 24.7. The predicted molar refractivity (Wildman–Crippen MR) is 136 cm³/mol. The Labute approximate surface area is 204 Å². The van der Waals surface area contributed by atoms with Gasteiger partial charge >= 0.3 is 0 Å². The number of carbonyl (C=O) groups is 1. The van der Waals surface area contributed by atoms with Crippen LogP contribution in [0.15, 0.2) is 21.4 Å². The molecule has 2 unspecified atom stereocenters. The average molecular weight is 489 g/mol. The summed E-state index contributed by atoms with van der Waals surface area (Å²) in [6.45, 7) is 1.92. The highest BCUT2D eigenvalue weighted by atomic mass is 19.3. The standard InChI is InChI=1S/C24H34F2N8O/c1-4-17-20(32-15-7-5-8-16(13-15)33-31-12-11-27)18(22(28)35)14-30-23(17)34(3)19-9-6-10-24(25,26)21(19)29-2/h11-12,14,19,21,27,29H,4-10,13H2,1-3H3,(H2,28,35)/b27-11?,31-12+,32-15?,33-16-. The van der Waals surface area contributed by atoms with Gasteiger partial charge in [0, 0.05) is 49.3 Å². The van der Waals surface area contributed by atoms with E-state index in [1.54, 1.807) is 19.0 Å². The van der Waals surface area contributed by atoms with Crippen LogP contribution in [0.4, 0.5) is 20.3 Å². The second-order valence-corrected chi connectivity index (χ2v) is 8.94. The third-order valence-corrected chi connectivity index (χ3v) is 6.69. The zero-order valence-corrected chi connectivity index (χ0v) is 20.5. The molecule has 0 aliphatic heterocycles. The molecule has 0 radical (unpaired) electrons. The Kier molecular flexibility index (Phi) is 8.76. The van der Waals surface area contributed by atoms with Crippen molar-refractivity contribution in [3.05, 3.63) is 17.3 Å². The number of nitrogens with two attached hydrogens (primary N) is 1. The van der Waals surface area contributed by atoms with E-state index < -0.39 is 23.9 Å². The van der Waals surface area contributed by atoms with Crippen LogP contribution in [0, 0.1) is 5.41 Å². The Hall–Kier alpha value is -3.08. The van der Waals surface area contributed by atoms with Gasteiger partial charge < -0.3 is 21.4 Å². The minimum Gasteiger partial charge on any atom is -0.365 e. The lowest BCUT2D eigenvalue weighted by atomic mass is 9.86. The van der Waals surface area contributed by atoms with E-state index in [0.717, 1.165) is 36.9 Å². The van der Waals surface area contributed by atoms with E-state index in [2.05, 4.69) is 20.5 Å². The summed E-state index contributed by atoms with van der Waals surface area (Å²) < 4.78 is 29.3. The van der Waals surface area contributed by atoms with Crippen molar-refractivity contribution >= 4 is 41.3 Å². The maximum absolute atomic E-state index is 14.7. The first kappa shape index (κ1) is 26.5. The van der Waals surface area contributed by atoms with Crippen molar-refractivity contribution in [2.45, 2.75) is 76.3 Å². The van der Waals surface area contributed by atoms with E-state index in [4.69, 9.17) is 16.1 Å². The van der Waals surface area contributed by atoms with Crippen LogP contribution in [0.5, 0.6) is 0 Å². The van der Waals surface area contributed by atoms with Gasteiger partial charge in [-0.2, -0.15) is 10.2 Å². The fourth-order valence-electron chi connectivity index (χ4n) is 5.00. The molecule has 11 heteroatoms. The van der Waals surface area contributed by atoms with Gasteiger partial charge in [-0.15, -0.1) is 0 Å². The number of nitrogens with one attached hydrogen (secondary N) is 2. The molecule has 0 bridgehead atoms. The molecule has 0 saturated heterocycles. The molecular formula is C24H34F2N8O. The molecule has 3 rings (SSSR count). The Bertz CT molecular complexity index is 1040. The molecule has 1 aromatic rings. The van der Waals surface area contributed by atoms with Gasteiger partial charge in [-0.25, -0.2) is 13.8 Å². The Balaban J connectivity index is 2.04. The van der Waals surface area contributed by atoms with Crippen molar-refractivity contribution in [2.24, 2.45) is 20.9 Å². The van der Waals surface area contributed by atoms with Crippen molar-refractivity contribution in [2.75, 3.05) is 19.0 Å². The lowest BCUT2D eigenvalue weighted by Gasteiger charge is -2.43. The van der Waals surface area contributed by atoms with E-state index in [9.17, 15) is 13.6 Å². The first-order valence-corrected chi connectivity index (χ1v) is 12.0. The van der Waals surface area contributed by atoms with E-state index >= 15 is 0 Å². The third-order valence-electron chi connectivity index (χ3n) is 6.69. The molecule has 1 aromatic heterocycles. The molecule has 190 valence electrons. The molecule has 2 atom stereocenters. The van der Waals surface area contributed by atoms with Gasteiger partial charge in [-0.05, 0) is 45.6 Å². The smallest absolute Gasteiger partial charge is 0.265 e. The van der Waals surface area contributed by atoms with Crippen molar-refractivity contribution in [1.29, 1.82) is 5.41 Å². The number of likely N-dealkylation sites (N-methyl/N-ethyl adjacent to an activating group) is 2. The van der Waals surface area contributed by atoms with Gasteiger partial charge in [-0.1, -0.05) is 6.92 Å². The van der Waals surface area contributed by atoms with Crippen LogP contribution >= 0.6 is 0 Å². The number of carbonyl (C=O) groups excluding carboxylic acids is 1. The number of hydrogen-bond donors (Lipinski definition) is 3. The van der Waals surface area contributed by atoms with Crippen molar-refractivity contribution < 1.29 is 13.6 Å². The number of halogens is 2. The van der Waals surface area contributed by atoms with Gasteiger partial charge in [0.15, 0.2) is 0 Å². The zero-order chi connectivity index (χ0) is 25.6. The third kappa shape index (κ3) is 5.95. The maximum atomic E-state index is 14.7. The second kappa shape index (κ2) is 11.6. The summed E-state index contributed by atoms with van der Waals surface area (Å²) in [4.78, 5) is 23.4. The fraction of sp³-hybridized carbons (Fsp3) is 0.583. The molecule has 9 nitrogen and oxygen atoms in total. The Morgan fingerprint density at radius 1 is 1.37 bits per heavy atom. The zero-order valence-electron chi connectivity index (χ0n) is 20.5. The van der Waals surface area contributed by atoms with Crippen LogP contribution in [0.3, 0.4) is 0 Å². The van der Waals surface area contributed by atoms with Crippen molar-refractivity contribution in [3.8, 4) is 0 Å². The number of rotatable bonds is 8. The van der Waals surface area contributed by atoms with Gasteiger partial charge in [0.05, 0.1) is 29.5 Å². The van der Waals surface area contributed by atoms with Crippen LogP contribution in [0.1, 0.15) is 67.8 Å². The molecule has 2 aliphatic carbocycles. The van der Waals surface area contributed by atoms with Crippen LogP contribution in [0.2, 0.25) is 0 Å². The fourth-order valence-corrected chi connectivity index (χ4v) is 5.00. The molecule has 4 N–H and O–H groups in total. The van der Waals surface area contributed by atoms with Gasteiger partial charge in [0.1, 0.15) is 5.82 Å². The summed E-state index contributed by atoms with van der Waals surface area (Å²) in [6, 6.07) is -1.49. The number of hydrogen-bond acceptors (Lipinski definition) is 8. The number of alkyl halides is 2. The number of primary amides is 1. The molecule has 35 heavy (non-hydrogen) atoms. The minimum atomic E-state index is -2.83. The van der Waals surface area contributed by atoms with E-state index in [-0.39, 0.29) is 12.0 Å². The summed E-state index contributed by atoms with van der Waals surface area (Å²) in [7, 11) is 3.33. The molecule has 1 amide bonds. The van der Waals surface area contributed by atoms with Gasteiger partial charge in [0.2, 0.25) is 0 Å². The second-order valence-electron chi connectivity index (χ2n) is 8.94. The molecule has 1 heterocycles. The minimum absolute atomic E-state index is 0.149. The predicted octanol–water partition coefficient (Wildman–Crippen LogP) is 3.68. The quantitative estimate of drug-likeness (QED) is 0.380. The average Bonchev–Trinajstić information content (AvgIpc) is 2.82. The number of aliphatic imine (C=N–C) groups is 1. The van der Waals surface area contributed by atoms with E-state index in [0.29, 0.717) is 42.8 Å². The summed E-state index contributed by atoms with van der Waals surface area (Å²) in [6.07, 6.45) is 7.98. The molecule has 0 aromatic carbocycles. The maximum Gasteiger partial charge on any atom is 0.265 e. The molecule has 2 fully saturated rings. The largest absolute Gasteiger partial charge is 0.365 e. The monoisotopic (exact) mass is 488 g/mol. The van der Waals surface area contributed by atoms with E-state index in [1.807, 2.05) is 6.92 Å². The number of pyridine rings is 1. The van der Waals surface area contributed by atoms with Crippen LogP contribution < -0.4 is 16.0 Å².